The van der Waals surface area contributed by atoms with Gasteiger partial charge in [-0.3, -0.25) is 19.9 Å². The molecule has 0 bridgehead atoms. The van der Waals surface area contributed by atoms with Crippen molar-refractivity contribution in [1.82, 2.24) is 10.3 Å². The summed E-state index contributed by atoms with van der Waals surface area (Å²) in [7, 11) is 0. The number of imide groups is 1. The van der Waals surface area contributed by atoms with Crippen molar-refractivity contribution in [2.24, 2.45) is 0 Å². The summed E-state index contributed by atoms with van der Waals surface area (Å²) < 4.78 is 21.2. The standard InChI is InChI=1S/C19H20N2O3S/c1-2-13-3-6-15(20-12-13)9-10-24-16-7-4-14(5-8-16)11-17-18(22)21-19(23)25-17/h3-8,12,17H,2,9-11H2,1H3,(H,21,22,23)/t17-/m1/s1/i17D/hD. The maximum absolute atomic E-state index is 11.9. The molecule has 1 aliphatic rings. The van der Waals surface area contributed by atoms with E-state index in [4.69, 9.17) is 7.52 Å². The summed E-state index contributed by atoms with van der Waals surface area (Å²) in [6, 6.07) is 11.2. The molecule has 2 amide bonds. The van der Waals surface area contributed by atoms with Crippen LogP contribution >= 0.6 is 11.8 Å². The molecule has 1 aromatic heterocycles. The van der Waals surface area contributed by atoms with Gasteiger partial charge in [0.2, 0.25) is 5.91 Å². The second-order valence-corrected chi connectivity index (χ2v) is 6.68. The first-order valence-corrected chi connectivity index (χ1v) is 8.95. The molecule has 0 radical (unpaired) electrons. The molecular weight excluding hydrogens is 336 g/mol. The van der Waals surface area contributed by atoms with E-state index in [9.17, 15) is 9.59 Å². The van der Waals surface area contributed by atoms with Crippen LogP contribution in [0.2, 0.25) is 1.41 Å². The molecule has 2 heterocycles. The lowest BCUT2D eigenvalue weighted by Crippen LogP contribution is -2.25. The Labute approximate surface area is 154 Å². The molecule has 1 fully saturated rings. The molecule has 0 aliphatic carbocycles. The van der Waals surface area contributed by atoms with Crippen molar-refractivity contribution in [3.05, 3.63) is 59.4 Å². The van der Waals surface area contributed by atoms with E-state index < -0.39 is 16.4 Å². The van der Waals surface area contributed by atoms with Crippen molar-refractivity contribution in [3.8, 4) is 5.75 Å². The minimum Gasteiger partial charge on any atom is -0.493 e. The number of nitrogens with zero attached hydrogens (tertiary/aromatic N) is 1. The molecule has 25 heavy (non-hydrogen) atoms. The molecule has 0 spiro atoms. The molecule has 1 N–H and O–H groups in total. The highest BCUT2D eigenvalue weighted by Crippen LogP contribution is 2.23. The molecule has 1 aliphatic heterocycles. The molecule has 1 saturated heterocycles. The maximum atomic E-state index is 11.9. The molecule has 2 aromatic rings. The molecule has 3 rings (SSSR count). The van der Waals surface area contributed by atoms with Gasteiger partial charge in [0.1, 0.15) is 5.75 Å². The summed E-state index contributed by atoms with van der Waals surface area (Å²) in [6.07, 6.45) is 3.61. The summed E-state index contributed by atoms with van der Waals surface area (Å²) in [4.78, 5) is 27.8. The summed E-state index contributed by atoms with van der Waals surface area (Å²) in [6.45, 7) is 2.59. The second-order valence-electron chi connectivity index (χ2n) is 5.64. The van der Waals surface area contributed by atoms with Crippen molar-refractivity contribution >= 4 is 22.9 Å². The molecule has 6 heteroatoms. The summed E-state index contributed by atoms with van der Waals surface area (Å²) in [5.41, 5.74) is 2.91. The molecule has 0 saturated carbocycles. The third kappa shape index (κ3) is 4.82. The quantitative estimate of drug-likeness (QED) is 0.823. The van der Waals surface area contributed by atoms with E-state index >= 15 is 0 Å². The Kier molecular flexibility index (Phi) is 4.88. The Morgan fingerprint density at radius 2 is 2.00 bits per heavy atom. The van der Waals surface area contributed by atoms with E-state index in [1.165, 1.54) is 5.56 Å². The SMILES string of the molecule is [2H]N1C(=O)S[C@]([2H])(Cc2ccc(OCCc3ccc(CC)cn3)cc2)C1=O. The van der Waals surface area contributed by atoms with Crippen molar-refractivity contribution in [3.63, 3.8) is 0 Å². The summed E-state index contributed by atoms with van der Waals surface area (Å²) >= 11 is 0.576. The number of aryl methyl sites for hydroxylation is 1. The minimum atomic E-state index is -1.67. The van der Waals surface area contributed by atoms with Crippen LogP contribution in [0.4, 0.5) is 4.79 Å². The van der Waals surface area contributed by atoms with Gasteiger partial charge >= 0.3 is 0 Å². The van der Waals surface area contributed by atoms with E-state index in [2.05, 4.69) is 18.0 Å². The fourth-order valence-electron chi connectivity index (χ4n) is 2.40. The number of carbonyl (C=O) groups excluding carboxylic acids is 2. The van der Waals surface area contributed by atoms with Crippen molar-refractivity contribution in [1.29, 1.82) is 0 Å². The Hall–Kier alpha value is -2.34. The summed E-state index contributed by atoms with van der Waals surface area (Å²) in [5.74, 6) is -0.119. The van der Waals surface area contributed by atoms with Crippen LogP contribution in [0.15, 0.2) is 42.6 Å². The van der Waals surface area contributed by atoms with Gasteiger partial charge in [-0.05, 0) is 42.2 Å². The largest absolute Gasteiger partial charge is 0.493 e. The number of hydrogen-bond donors (Lipinski definition) is 1. The van der Waals surface area contributed by atoms with Crippen LogP contribution in [-0.2, 0) is 24.1 Å². The van der Waals surface area contributed by atoms with Gasteiger partial charge in [-0.2, -0.15) is 0 Å². The number of benzene rings is 1. The number of nitrogens with one attached hydrogen (secondary N) is 1. The predicted octanol–water partition coefficient (Wildman–Crippen LogP) is 3.16. The van der Waals surface area contributed by atoms with E-state index in [0.717, 1.165) is 17.7 Å². The van der Waals surface area contributed by atoms with Gasteiger partial charge in [-0.1, -0.05) is 36.9 Å². The van der Waals surface area contributed by atoms with Gasteiger partial charge in [-0.15, -0.1) is 0 Å². The number of hydrogen-bond acceptors (Lipinski definition) is 5. The third-order valence-electron chi connectivity index (χ3n) is 3.85. The molecule has 5 nitrogen and oxygen atoms in total. The van der Waals surface area contributed by atoms with Crippen LogP contribution in [0.25, 0.3) is 0 Å². The average Bonchev–Trinajstić information content (AvgIpc) is 2.86. The van der Waals surface area contributed by atoms with E-state index in [1.54, 1.807) is 24.3 Å². The highest BCUT2D eigenvalue weighted by molar-refractivity contribution is 8.15. The number of carbonyl (C=O) groups is 2. The number of thioether (sulfide) groups is 1. The van der Waals surface area contributed by atoms with Crippen LogP contribution in [0.5, 0.6) is 5.75 Å². The van der Waals surface area contributed by atoms with Crippen LogP contribution in [0, 0.1) is 0 Å². The lowest BCUT2D eigenvalue weighted by atomic mass is 10.1. The van der Waals surface area contributed by atoms with E-state index in [1.807, 2.05) is 12.3 Å². The van der Waals surface area contributed by atoms with Crippen LogP contribution in [0.3, 0.4) is 0 Å². The number of ether oxygens (including phenoxy) is 1. The van der Waals surface area contributed by atoms with Crippen molar-refractivity contribution < 1.29 is 17.1 Å². The van der Waals surface area contributed by atoms with Gasteiger partial charge in [0.15, 0.2) is 1.41 Å². The Balaban J connectivity index is 1.53. The number of pyridine rings is 1. The van der Waals surface area contributed by atoms with Crippen LogP contribution in [0.1, 0.15) is 25.1 Å². The molecular formula is C19H20N2O3S. The lowest BCUT2D eigenvalue weighted by Gasteiger charge is -2.09. The maximum Gasteiger partial charge on any atom is 0.286 e. The Morgan fingerprint density at radius 1 is 1.24 bits per heavy atom. The van der Waals surface area contributed by atoms with Gasteiger partial charge in [-0.25, -0.2) is 0 Å². The fourth-order valence-corrected chi connectivity index (χ4v) is 3.11. The zero-order chi connectivity index (χ0) is 19.4. The monoisotopic (exact) mass is 358 g/mol. The second kappa shape index (κ2) is 8.16. The summed E-state index contributed by atoms with van der Waals surface area (Å²) in [5, 5.41) is -2.12. The van der Waals surface area contributed by atoms with Gasteiger partial charge in [0.05, 0.1) is 13.2 Å². The van der Waals surface area contributed by atoms with Gasteiger partial charge in [0, 0.05) is 18.3 Å². The Bertz CT molecular complexity index is 830. The molecule has 130 valence electrons. The first kappa shape index (κ1) is 15.0. The van der Waals surface area contributed by atoms with Crippen molar-refractivity contribution in [2.75, 3.05) is 6.61 Å². The minimum absolute atomic E-state index is 0.0611. The first-order valence-electron chi connectivity index (χ1n) is 9.08. The highest BCUT2D eigenvalue weighted by atomic mass is 32.2. The number of amides is 2. The van der Waals surface area contributed by atoms with Crippen LogP contribution in [-0.4, -0.2) is 28.0 Å². The zero-order valence-electron chi connectivity index (χ0n) is 15.9. The molecule has 1 aromatic carbocycles. The van der Waals surface area contributed by atoms with Gasteiger partial charge in [0.25, 0.3) is 5.24 Å². The topological polar surface area (TPSA) is 68.3 Å². The molecule has 0 unspecified atom stereocenters. The van der Waals surface area contributed by atoms with Gasteiger partial charge < -0.3 is 4.74 Å². The van der Waals surface area contributed by atoms with E-state index in [-0.39, 0.29) is 11.7 Å². The lowest BCUT2D eigenvalue weighted by molar-refractivity contribution is -0.118. The first-order chi connectivity index (χ1) is 12.9. The Morgan fingerprint density at radius 3 is 2.60 bits per heavy atom. The normalized spacial score (nSPS) is 21.2. The average molecular weight is 358 g/mol. The number of rotatable bonds is 7. The zero-order valence-corrected chi connectivity index (χ0v) is 14.7. The predicted molar refractivity (Wildman–Crippen MR) is 97.9 cm³/mol. The third-order valence-corrected chi connectivity index (χ3v) is 4.68. The van der Waals surface area contributed by atoms with Crippen LogP contribution < -0.4 is 10.0 Å². The van der Waals surface area contributed by atoms with Crippen molar-refractivity contribution in [2.45, 2.75) is 31.4 Å². The number of aromatic nitrogens is 1. The smallest absolute Gasteiger partial charge is 0.286 e. The van der Waals surface area contributed by atoms with E-state index in [0.29, 0.717) is 30.5 Å². The molecule has 1 atom stereocenters. The highest BCUT2D eigenvalue weighted by Gasteiger charge is 2.31. The fraction of sp³-hybridized carbons (Fsp3) is 0.316.